The molecular formula is C19H21N3O3. The number of nitrogens with zero attached hydrogens (tertiary/aromatic N) is 2. The fraction of sp³-hybridized carbons (Fsp3) is 0.316. The first kappa shape index (κ1) is 17.0. The van der Waals surface area contributed by atoms with Crippen LogP contribution >= 0.6 is 0 Å². The summed E-state index contributed by atoms with van der Waals surface area (Å²) in [4.78, 5) is 42.9. The third-order valence-corrected chi connectivity index (χ3v) is 4.40. The lowest BCUT2D eigenvalue weighted by Crippen LogP contribution is -2.50. The third-order valence-electron chi connectivity index (χ3n) is 4.40. The first-order chi connectivity index (χ1) is 12.1. The standard InChI is InChI=1S/C19H21N3O3/c1-2-16-12-15(13-17(23)20-16)19(25)22-10-8-21(9-11-22)18(24)14-6-4-3-5-7-14/h3-7,12-13H,2,8-11H2,1H3,(H,20,23). The van der Waals surface area contributed by atoms with Crippen LogP contribution in [0.5, 0.6) is 0 Å². The van der Waals surface area contributed by atoms with E-state index in [1.54, 1.807) is 28.0 Å². The Hall–Kier alpha value is -2.89. The van der Waals surface area contributed by atoms with Crippen LogP contribution in [0, 0.1) is 0 Å². The molecule has 1 aromatic carbocycles. The molecule has 0 aliphatic carbocycles. The number of carbonyl (C=O) groups is 2. The van der Waals surface area contributed by atoms with Crippen LogP contribution in [-0.4, -0.2) is 52.8 Å². The van der Waals surface area contributed by atoms with Crippen molar-refractivity contribution in [1.29, 1.82) is 0 Å². The molecule has 3 rings (SSSR count). The first-order valence-electron chi connectivity index (χ1n) is 8.45. The largest absolute Gasteiger partial charge is 0.335 e. The monoisotopic (exact) mass is 339 g/mol. The number of piperazine rings is 1. The zero-order valence-electron chi connectivity index (χ0n) is 14.2. The van der Waals surface area contributed by atoms with Crippen LogP contribution in [0.15, 0.2) is 47.3 Å². The minimum Gasteiger partial charge on any atom is -0.335 e. The second kappa shape index (κ2) is 7.34. The minimum atomic E-state index is -0.263. The molecule has 1 aliphatic rings. The Balaban J connectivity index is 1.66. The number of aromatic amines is 1. The van der Waals surface area contributed by atoms with E-state index in [9.17, 15) is 14.4 Å². The van der Waals surface area contributed by atoms with Crippen molar-refractivity contribution in [2.75, 3.05) is 26.2 Å². The number of amides is 2. The van der Waals surface area contributed by atoms with Gasteiger partial charge in [-0.25, -0.2) is 0 Å². The molecule has 1 fully saturated rings. The number of H-pyrrole nitrogens is 1. The highest BCUT2D eigenvalue weighted by atomic mass is 16.2. The van der Waals surface area contributed by atoms with E-state index in [1.165, 1.54) is 6.07 Å². The maximum atomic E-state index is 12.6. The van der Waals surface area contributed by atoms with Gasteiger partial charge in [-0.15, -0.1) is 0 Å². The smallest absolute Gasteiger partial charge is 0.254 e. The molecule has 0 radical (unpaired) electrons. The van der Waals surface area contributed by atoms with Crippen molar-refractivity contribution in [2.24, 2.45) is 0 Å². The molecule has 2 aromatic rings. The van der Waals surface area contributed by atoms with E-state index >= 15 is 0 Å². The second-order valence-corrected chi connectivity index (χ2v) is 6.06. The van der Waals surface area contributed by atoms with Crippen LogP contribution < -0.4 is 5.56 Å². The third kappa shape index (κ3) is 3.79. The zero-order valence-corrected chi connectivity index (χ0v) is 14.2. The van der Waals surface area contributed by atoms with Gasteiger partial charge in [-0.05, 0) is 24.6 Å². The van der Waals surface area contributed by atoms with E-state index in [0.717, 1.165) is 5.69 Å². The molecule has 130 valence electrons. The van der Waals surface area contributed by atoms with Gasteiger partial charge in [0.2, 0.25) is 5.56 Å². The van der Waals surface area contributed by atoms with Crippen molar-refractivity contribution in [3.8, 4) is 0 Å². The summed E-state index contributed by atoms with van der Waals surface area (Å²) >= 11 is 0. The van der Waals surface area contributed by atoms with Crippen LogP contribution in [0.25, 0.3) is 0 Å². The Morgan fingerprint density at radius 2 is 1.48 bits per heavy atom. The van der Waals surface area contributed by atoms with Crippen molar-refractivity contribution in [3.63, 3.8) is 0 Å². The van der Waals surface area contributed by atoms with Crippen molar-refractivity contribution in [2.45, 2.75) is 13.3 Å². The molecule has 0 spiro atoms. The van der Waals surface area contributed by atoms with Gasteiger partial charge in [0.15, 0.2) is 0 Å². The van der Waals surface area contributed by atoms with Crippen LogP contribution in [0.4, 0.5) is 0 Å². The van der Waals surface area contributed by atoms with E-state index in [1.807, 2.05) is 25.1 Å². The highest BCUT2D eigenvalue weighted by Gasteiger charge is 2.25. The Labute approximate surface area is 146 Å². The van der Waals surface area contributed by atoms with Gasteiger partial charge in [0.25, 0.3) is 11.8 Å². The number of pyridine rings is 1. The lowest BCUT2D eigenvalue weighted by Gasteiger charge is -2.34. The summed E-state index contributed by atoms with van der Waals surface area (Å²) in [6.45, 7) is 3.83. The molecule has 1 aromatic heterocycles. The number of hydrogen-bond acceptors (Lipinski definition) is 3. The summed E-state index contributed by atoms with van der Waals surface area (Å²) in [5.41, 5.74) is 1.54. The highest BCUT2D eigenvalue weighted by Crippen LogP contribution is 2.12. The lowest BCUT2D eigenvalue weighted by molar-refractivity contribution is 0.0535. The summed E-state index contributed by atoms with van der Waals surface area (Å²) in [7, 11) is 0. The first-order valence-corrected chi connectivity index (χ1v) is 8.45. The quantitative estimate of drug-likeness (QED) is 0.922. The van der Waals surface area contributed by atoms with Crippen LogP contribution in [0.3, 0.4) is 0 Å². The van der Waals surface area contributed by atoms with E-state index in [2.05, 4.69) is 4.98 Å². The van der Waals surface area contributed by atoms with Crippen LogP contribution in [-0.2, 0) is 6.42 Å². The van der Waals surface area contributed by atoms with Crippen LogP contribution in [0.2, 0.25) is 0 Å². The number of aromatic nitrogens is 1. The fourth-order valence-electron chi connectivity index (χ4n) is 2.97. The molecule has 1 saturated heterocycles. The molecular weight excluding hydrogens is 318 g/mol. The predicted molar refractivity (Wildman–Crippen MR) is 94.7 cm³/mol. The molecule has 2 heterocycles. The number of nitrogens with one attached hydrogen (secondary N) is 1. The Morgan fingerprint density at radius 1 is 0.920 bits per heavy atom. The van der Waals surface area contributed by atoms with Gasteiger partial charge < -0.3 is 14.8 Å². The summed E-state index contributed by atoms with van der Waals surface area (Å²) in [5, 5.41) is 0. The predicted octanol–water partition coefficient (Wildman–Crippen LogP) is 1.54. The molecule has 1 N–H and O–H groups in total. The van der Waals surface area contributed by atoms with Crippen molar-refractivity contribution in [3.05, 3.63) is 69.6 Å². The molecule has 6 nitrogen and oxygen atoms in total. The zero-order chi connectivity index (χ0) is 17.8. The van der Waals surface area contributed by atoms with Gasteiger partial charge >= 0.3 is 0 Å². The van der Waals surface area contributed by atoms with Gasteiger partial charge in [0, 0.05) is 49.1 Å². The highest BCUT2D eigenvalue weighted by molar-refractivity contribution is 5.96. The van der Waals surface area contributed by atoms with E-state index < -0.39 is 0 Å². The summed E-state index contributed by atoms with van der Waals surface area (Å²) < 4.78 is 0. The molecule has 0 unspecified atom stereocenters. The van der Waals surface area contributed by atoms with Crippen molar-refractivity contribution in [1.82, 2.24) is 14.8 Å². The average Bonchev–Trinajstić information content (AvgIpc) is 2.67. The summed E-state index contributed by atoms with van der Waals surface area (Å²) in [5.74, 6) is -0.176. The normalized spacial score (nSPS) is 14.4. The number of aryl methyl sites for hydroxylation is 1. The van der Waals surface area contributed by atoms with Gasteiger partial charge in [-0.1, -0.05) is 25.1 Å². The number of rotatable bonds is 3. The van der Waals surface area contributed by atoms with E-state index in [-0.39, 0.29) is 17.4 Å². The van der Waals surface area contributed by atoms with Gasteiger partial charge in [0.05, 0.1) is 0 Å². The molecule has 0 bridgehead atoms. The summed E-state index contributed by atoms with van der Waals surface area (Å²) in [6.07, 6.45) is 0.662. The van der Waals surface area contributed by atoms with Gasteiger partial charge in [0.1, 0.15) is 0 Å². The van der Waals surface area contributed by atoms with E-state index in [0.29, 0.717) is 43.7 Å². The number of hydrogen-bond donors (Lipinski definition) is 1. The van der Waals surface area contributed by atoms with Gasteiger partial charge in [-0.3, -0.25) is 14.4 Å². The topological polar surface area (TPSA) is 73.5 Å². The Kier molecular flexibility index (Phi) is 4.97. The lowest BCUT2D eigenvalue weighted by atomic mass is 10.1. The molecule has 1 aliphatic heterocycles. The Bertz CT molecular complexity index is 821. The Morgan fingerprint density at radius 3 is 2.04 bits per heavy atom. The molecule has 6 heteroatoms. The fourth-order valence-corrected chi connectivity index (χ4v) is 2.97. The number of benzene rings is 1. The second-order valence-electron chi connectivity index (χ2n) is 6.06. The molecule has 2 amide bonds. The SMILES string of the molecule is CCc1cc(C(=O)N2CCN(C(=O)c3ccccc3)CC2)cc(=O)[nH]1. The minimum absolute atomic E-state index is 0.0166. The average molecular weight is 339 g/mol. The maximum Gasteiger partial charge on any atom is 0.254 e. The molecule has 0 atom stereocenters. The van der Waals surface area contributed by atoms with Gasteiger partial charge in [-0.2, -0.15) is 0 Å². The molecule has 0 saturated carbocycles. The maximum absolute atomic E-state index is 12.6. The van der Waals surface area contributed by atoms with Crippen molar-refractivity contribution < 1.29 is 9.59 Å². The molecule has 25 heavy (non-hydrogen) atoms. The van der Waals surface area contributed by atoms with E-state index in [4.69, 9.17) is 0 Å². The number of carbonyl (C=O) groups excluding carboxylic acids is 2. The summed E-state index contributed by atoms with van der Waals surface area (Å²) in [6, 6.07) is 12.2. The van der Waals surface area contributed by atoms with Crippen LogP contribution in [0.1, 0.15) is 33.3 Å². The van der Waals surface area contributed by atoms with Crippen molar-refractivity contribution >= 4 is 11.8 Å².